The van der Waals surface area contributed by atoms with Crippen LogP contribution in [0.25, 0.3) is 0 Å². The molecule has 0 aliphatic carbocycles. The van der Waals surface area contributed by atoms with Gasteiger partial charge in [-0.05, 0) is 6.92 Å². The molecule has 1 aromatic heterocycles. The third-order valence-corrected chi connectivity index (χ3v) is 3.57. The number of amides is 1. The number of carbonyl (C=O) groups excluding carboxylic acids is 1. The lowest BCUT2D eigenvalue weighted by molar-refractivity contribution is 0.0714. The number of hydrogen-bond acceptors (Lipinski definition) is 4. The fourth-order valence-corrected chi connectivity index (χ4v) is 2.63. The lowest BCUT2D eigenvalue weighted by Gasteiger charge is -2.31. The molecular formula is C11H17ClN2O2S. The summed E-state index contributed by atoms with van der Waals surface area (Å²) in [5.41, 5.74) is 0. The van der Waals surface area contributed by atoms with Gasteiger partial charge in [-0.15, -0.1) is 23.7 Å². The standard InChI is InChI=1S/C11H16N2O2S.ClH/c1-8-6-13(4-3-12-8)11(14)10-5-9(15-2)7-16-10;/h5,7-8,12H,3-4,6H2,1-2H3;1H. The lowest BCUT2D eigenvalue weighted by Crippen LogP contribution is -2.51. The zero-order valence-electron chi connectivity index (χ0n) is 9.93. The fourth-order valence-electron chi connectivity index (χ4n) is 1.81. The maximum absolute atomic E-state index is 12.1. The molecule has 1 unspecified atom stereocenters. The van der Waals surface area contributed by atoms with Gasteiger partial charge in [0.05, 0.1) is 12.0 Å². The van der Waals surface area contributed by atoms with E-state index in [2.05, 4.69) is 12.2 Å². The molecule has 6 heteroatoms. The molecule has 96 valence electrons. The van der Waals surface area contributed by atoms with Crippen LogP contribution in [0.2, 0.25) is 0 Å². The maximum atomic E-state index is 12.1. The summed E-state index contributed by atoms with van der Waals surface area (Å²) in [7, 11) is 1.61. The highest BCUT2D eigenvalue weighted by Gasteiger charge is 2.22. The summed E-state index contributed by atoms with van der Waals surface area (Å²) in [5.74, 6) is 0.873. The second-order valence-electron chi connectivity index (χ2n) is 3.96. The number of methoxy groups -OCH3 is 1. The first-order chi connectivity index (χ1) is 7.70. The normalized spacial score (nSPS) is 19.6. The highest BCUT2D eigenvalue weighted by Crippen LogP contribution is 2.22. The number of ether oxygens (including phenoxy) is 1. The van der Waals surface area contributed by atoms with Gasteiger partial charge in [-0.25, -0.2) is 0 Å². The molecule has 0 radical (unpaired) electrons. The minimum atomic E-state index is 0. The van der Waals surface area contributed by atoms with E-state index < -0.39 is 0 Å². The van der Waals surface area contributed by atoms with Crippen LogP contribution in [-0.4, -0.2) is 43.6 Å². The molecule has 4 nitrogen and oxygen atoms in total. The second kappa shape index (κ2) is 6.23. The van der Waals surface area contributed by atoms with Crippen LogP contribution in [0.3, 0.4) is 0 Å². The zero-order valence-corrected chi connectivity index (χ0v) is 11.6. The highest BCUT2D eigenvalue weighted by molar-refractivity contribution is 7.12. The average molecular weight is 277 g/mol. The van der Waals surface area contributed by atoms with Crippen LogP contribution in [0, 0.1) is 0 Å². The van der Waals surface area contributed by atoms with Crippen molar-refractivity contribution in [2.45, 2.75) is 13.0 Å². The Morgan fingerprint density at radius 3 is 3.00 bits per heavy atom. The molecule has 2 rings (SSSR count). The van der Waals surface area contributed by atoms with E-state index in [-0.39, 0.29) is 18.3 Å². The Hall–Kier alpha value is -0.780. The van der Waals surface area contributed by atoms with Gasteiger partial charge in [0.2, 0.25) is 0 Å². The van der Waals surface area contributed by atoms with E-state index >= 15 is 0 Å². The Morgan fingerprint density at radius 1 is 1.65 bits per heavy atom. The number of hydrogen-bond donors (Lipinski definition) is 1. The van der Waals surface area contributed by atoms with Crippen LogP contribution in [0.4, 0.5) is 0 Å². The SMILES string of the molecule is COc1csc(C(=O)N2CCNC(C)C2)c1.Cl. The number of nitrogens with zero attached hydrogens (tertiary/aromatic N) is 1. The van der Waals surface area contributed by atoms with Crippen molar-refractivity contribution in [3.8, 4) is 5.75 Å². The maximum Gasteiger partial charge on any atom is 0.264 e. The van der Waals surface area contributed by atoms with Crippen molar-refractivity contribution in [1.29, 1.82) is 0 Å². The molecule has 1 N–H and O–H groups in total. The topological polar surface area (TPSA) is 41.6 Å². The van der Waals surface area contributed by atoms with Crippen molar-refractivity contribution < 1.29 is 9.53 Å². The molecule has 0 bridgehead atoms. The van der Waals surface area contributed by atoms with Crippen LogP contribution in [-0.2, 0) is 0 Å². The molecule has 1 aromatic rings. The summed E-state index contributed by atoms with van der Waals surface area (Å²) in [6.45, 7) is 4.52. The van der Waals surface area contributed by atoms with Crippen molar-refractivity contribution >= 4 is 29.7 Å². The molecular weight excluding hydrogens is 260 g/mol. The monoisotopic (exact) mass is 276 g/mol. The van der Waals surface area contributed by atoms with E-state index in [1.807, 2.05) is 10.3 Å². The number of rotatable bonds is 2. The first kappa shape index (κ1) is 14.3. The van der Waals surface area contributed by atoms with E-state index in [1.54, 1.807) is 13.2 Å². The molecule has 1 saturated heterocycles. The van der Waals surface area contributed by atoms with Gasteiger partial charge in [-0.3, -0.25) is 4.79 Å². The Kier molecular flexibility index (Phi) is 5.24. The van der Waals surface area contributed by atoms with E-state index in [0.717, 1.165) is 30.3 Å². The molecule has 1 aliphatic rings. The number of piperazine rings is 1. The van der Waals surface area contributed by atoms with Gasteiger partial charge in [-0.2, -0.15) is 0 Å². The summed E-state index contributed by atoms with van der Waals surface area (Å²) >= 11 is 1.44. The summed E-state index contributed by atoms with van der Waals surface area (Å²) < 4.78 is 5.08. The van der Waals surface area contributed by atoms with E-state index in [4.69, 9.17) is 4.74 Å². The molecule has 2 heterocycles. The largest absolute Gasteiger partial charge is 0.496 e. The Morgan fingerprint density at radius 2 is 2.41 bits per heavy atom. The van der Waals surface area contributed by atoms with Gasteiger partial charge < -0.3 is 15.0 Å². The van der Waals surface area contributed by atoms with E-state index in [9.17, 15) is 4.79 Å². The van der Waals surface area contributed by atoms with Crippen LogP contribution in [0.5, 0.6) is 5.75 Å². The van der Waals surface area contributed by atoms with Crippen molar-refractivity contribution in [3.63, 3.8) is 0 Å². The van der Waals surface area contributed by atoms with E-state index in [0.29, 0.717) is 6.04 Å². The van der Waals surface area contributed by atoms with Crippen LogP contribution in [0.15, 0.2) is 11.4 Å². The van der Waals surface area contributed by atoms with Crippen molar-refractivity contribution in [2.75, 3.05) is 26.7 Å². The fraction of sp³-hybridized carbons (Fsp3) is 0.545. The molecule has 1 amide bonds. The predicted molar refractivity (Wildman–Crippen MR) is 71.5 cm³/mol. The van der Waals surface area contributed by atoms with Gasteiger partial charge in [-0.1, -0.05) is 0 Å². The van der Waals surface area contributed by atoms with Crippen LogP contribution >= 0.6 is 23.7 Å². The summed E-state index contributed by atoms with van der Waals surface area (Å²) in [4.78, 5) is 14.8. The second-order valence-corrected chi connectivity index (χ2v) is 4.87. The van der Waals surface area contributed by atoms with Gasteiger partial charge in [0, 0.05) is 37.1 Å². The number of thiophene rings is 1. The molecule has 17 heavy (non-hydrogen) atoms. The van der Waals surface area contributed by atoms with Crippen LogP contribution < -0.4 is 10.1 Å². The summed E-state index contributed by atoms with van der Waals surface area (Å²) in [5, 5.41) is 5.18. The van der Waals surface area contributed by atoms with Crippen LogP contribution in [0.1, 0.15) is 16.6 Å². The Balaban J connectivity index is 0.00000144. The number of halogens is 1. The first-order valence-electron chi connectivity index (χ1n) is 5.36. The minimum Gasteiger partial charge on any atom is -0.496 e. The molecule has 1 atom stereocenters. The number of carbonyl (C=O) groups is 1. The smallest absolute Gasteiger partial charge is 0.264 e. The van der Waals surface area contributed by atoms with Gasteiger partial charge in [0.1, 0.15) is 5.75 Å². The predicted octanol–water partition coefficient (Wildman–Crippen LogP) is 1.61. The third-order valence-electron chi connectivity index (χ3n) is 2.68. The Bertz CT molecular complexity index is 383. The summed E-state index contributed by atoms with van der Waals surface area (Å²) in [6, 6.07) is 2.18. The molecule has 0 saturated carbocycles. The zero-order chi connectivity index (χ0) is 11.5. The number of nitrogens with one attached hydrogen (secondary N) is 1. The van der Waals surface area contributed by atoms with Gasteiger partial charge in [0.15, 0.2) is 0 Å². The van der Waals surface area contributed by atoms with Gasteiger partial charge in [0.25, 0.3) is 5.91 Å². The van der Waals surface area contributed by atoms with Crippen molar-refractivity contribution in [2.24, 2.45) is 0 Å². The molecule has 1 fully saturated rings. The average Bonchev–Trinajstić information content (AvgIpc) is 2.76. The minimum absolute atomic E-state index is 0. The highest BCUT2D eigenvalue weighted by atomic mass is 35.5. The third kappa shape index (κ3) is 3.34. The van der Waals surface area contributed by atoms with E-state index in [1.165, 1.54) is 11.3 Å². The quantitative estimate of drug-likeness (QED) is 0.892. The first-order valence-corrected chi connectivity index (χ1v) is 6.24. The molecule has 0 aromatic carbocycles. The lowest BCUT2D eigenvalue weighted by atomic mass is 10.2. The van der Waals surface area contributed by atoms with Crippen molar-refractivity contribution in [3.05, 3.63) is 16.3 Å². The summed E-state index contributed by atoms with van der Waals surface area (Å²) in [6.07, 6.45) is 0. The molecule has 0 spiro atoms. The Labute approximate surface area is 111 Å². The van der Waals surface area contributed by atoms with Crippen molar-refractivity contribution in [1.82, 2.24) is 10.2 Å². The molecule has 1 aliphatic heterocycles. The van der Waals surface area contributed by atoms with Gasteiger partial charge >= 0.3 is 0 Å².